The van der Waals surface area contributed by atoms with Gasteiger partial charge >= 0.3 is 0 Å². The van der Waals surface area contributed by atoms with E-state index in [-0.39, 0.29) is 5.91 Å². The van der Waals surface area contributed by atoms with Gasteiger partial charge in [-0.15, -0.1) is 0 Å². The Morgan fingerprint density at radius 3 is 3.18 bits per heavy atom. The average Bonchev–Trinajstić information content (AvgIpc) is 2.91. The van der Waals surface area contributed by atoms with Gasteiger partial charge in [0.1, 0.15) is 0 Å². The minimum absolute atomic E-state index is 0.123. The van der Waals surface area contributed by atoms with Crippen LogP contribution in [0.1, 0.15) is 12.0 Å². The minimum Gasteiger partial charge on any atom is -0.361 e. The summed E-state index contributed by atoms with van der Waals surface area (Å²) in [6, 6.07) is 6.13. The molecule has 3 N–H and O–H groups in total. The summed E-state index contributed by atoms with van der Waals surface area (Å²) in [6.45, 7) is 1.65. The first-order chi connectivity index (χ1) is 10.7. The maximum absolute atomic E-state index is 12.0. The van der Waals surface area contributed by atoms with Crippen LogP contribution >= 0.6 is 23.4 Å². The third-order valence-corrected chi connectivity index (χ3v) is 5.24. The van der Waals surface area contributed by atoms with Crippen LogP contribution in [-0.2, 0) is 11.2 Å². The number of hydrogen-bond acceptors (Lipinski definition) is 3. The molecule has 1 aliphatic rings. The second-order valence-corrected chi connectivity index (χ2v) is 7.12. The molecule has 0 aliphatic carbocycles. The SMILES string of the molecule is O=C(CC1CSCCN1)NCCc1c[nH]c2ccc(Cl)cc12. The van der Waals surface area contributed by atoms with Gasteiger partial charge in [-0.1, -0.05) is 11.6 Å². The predicted molar refractivity (Wildman–Crippen MR) is 93.8 cm³/mol. The number of amides is 1. The Kier molecular flexibility index (Phi) is 5.28. The van der Waals surface area contributed by atoms with E-state index in [2.05, 4.69) is 15.6 Å². The smallest absolute Gasteiger partial charge is 0.221 e. The molecule has 0 bridgehead atoms. The Bertz CT molecular complexity index is 652. The molecular formula is C16H20ClN3OS. The summed E-state index contributed by atoms with van der Waals surface area (Å²) in [5, 5.41) is 8.26. The number of fused-ring (bicyclic) bond motifs is 1. The number of benzene rings is 1. The van der Waals surface area contributed by atoms with Crippen molar-refractivity contribution in [1.29, 1.82) is 0 Å². The van der Waals surface area contributed by atoms with E-state index >= 15 is 0 Å². The van der Waals surface area contributed by atoms with E-state index in [1.807, 2.05) is 36.2 Å². The van der Waals surface area contributed by atoms with Crippen LogP contribution in [0.4, 0.5) is 0 Å². The van der Waals surface area contributed by atoms with Gasteiger partial charge in [0.2, 0.25) is 5.91 Å². The van der Waals surface area contributed by atoms with Crippen LogP contribution in [0.2, 0.25) is 5.02 Å². The quantitative estimate of drug-likeness (QED) is 0.786. The molecule has 0 saturated carbocycles. The van der Waals surface area contributed by atoms with Crippen molar-refractivity contribution < 1.29 is 4.79 Å². The van der Waals surface area contributed by atoms with Gasteiger partial charge in [0, 0.05) is 59.2 Å². The van der Waals surface area contributed by atoms with Crippen molar-refractivity contribution in [2.24, 2.45) is 0 Å². The summed E-state index contributed by atoms with van der Waals surface area (Å²) in [5.41, 5.74) is 2.26. The van der Waals surface area contributed by atoms with Crippen molar-refractivity contribution in [2.45, 2.75) is 18.9 Å². The number of halogens is 1. The molecule has 1 atom stereocenters. The zero-order valence-electron chi connectivity index (χ0n) is 12.3. The molecule has 1 unspecified atom stereocenters. The van der Waals surface area contributed by atoms with Gasteiger partial charge in [-0.2, -0.15) is 11.8 Å². The molecule has 4 nitrogen and oxygen atoms in total. The predicted octanol–water partition coefficient (Wildman–Crippen LogP) is 2.58. The number of thioether (sulfide) groups is 1. The highest BCUT2D eigenvalue weighted by molar-refractivity contribution is 7.99. The number of aromatic amines is 1. The highest BCUT2D eigenvalue weighted by Crippen LogP contribution is 2.22. The molecule has 1 fully saturated rings. The molecule has 2 aromatic rings. The number of hydrogen-bond donors (Lipinski definition) is 3. The standard InChI is InChI=1S/C16H20ClN3OS/c17-12-1-2-15-14(7-12)11(9-20-15)3-4-19-16(21)8-13-10-22-6-5-18-13/h1-2,7,9,13,18,20H,3-6,8,10H2,(H,19,21). The number of nitrogens with one attached hydrogen (secondary N) is 3. The van der Waals surface area contributed by atoms with Crippen LogP contribution in [0.3, 0.4) is 0 Å². The molecule has 6 heteroatoms. The van der Waals surface area contributed by atoms with E-state index in [9.17, 15) is 4.79 Å². The van der Waals surface area contributed by atoms with E-state index < -0.39 is 0 Å². The molecule has 22 heavy (non-hydrogen) atoms. The zero-order valence-corrected chi connectivity index (χ0v) is 13.9. The largest absolute Gasteiger partial charge is 0.361 e. The third-order valence-electron chi connectivity index (χ3n) is 3.88. The maximum Gasteiger partial charge on any atom is 0.221 e. The van der Waals surface area contributed by atoms with E-state index in [0.29, 0.717) is 19.0 Å². The molecule has 0 radical (unpaired) electrons. The fourth-order valence-electron chi connectivity index (χ4n) is 2.74. The zero-order chi connectivity index (χ0) is 15.4. The van der Waals surface area contributed by atoms with Gasteiger partial charge in [-0.05, 0) is 30.2 Å². The molecule has 1 amide bonds. The molecule has 3 rings (SSSR count). The highest BCUT2D eigenvalue weighted by Gasteiger charge is 2.16. The first-order valence-electron chi connectivity index (χ1n) is 7.56. The van der Waals surface area contributed by atoms with Crippen LogP contribution in [0, 0.1) is 0 Å². The Morgan fingerprint density at radius 2 is 2.36 bits per heavy atom. The summed E-state index contributed by atoms with van der Waals surface area (Å²) < 4.78 is 0. The first-order valence-corrected chi connectivity index (χ1v) is 9.09. The molecular weight excluding hydrogens is 318 g/mol. The Balaban J connectivity index is 1.49. The Hall–Kier alpha value is -1.17. The molecule has 1 saturated heterocycles. The number of aromatic nitrogens is 1. The summed E-state index contributed by atoms with van der Waals surface area (Å²) in [5.74, 6) is 2.29. The summed E-state index contributed by atoms with van der Waals surface area (Å²) in [6.07, 6.45) is 3.36. The van der Waals surface area contributed by atoms with Gasteiger partial charge in [-0.25, -0.2) is 0 Å². The summed E-state index contributed by atoms with van der Waals surface area (Å²) in [4.78, 5) is 15.2. The number of carbonyl (C=O) groups excluding carboxylic acids is 1. The van der Waals surface area contributed by atoms with E-state index in [4.69, 9.17) is 11.6 Å². The lowest BCUT2D eigenvalue weighted by Gasteiger charge is -2.22. The fourth-order valence-corrected chi connectivity index (χ4v) is 3.86. The van der Waals surface area contributed by atoms with E-state index in [1.165, 1.54) is 5.56 Å². The van der Waals surface area contributed by atoms with Crippen molar-refractivity contribution in [1.82, 2.24) is 15.6 Å². The lowest BCUT2D eigenvalue weighted by atomic mass is 10.1. The van der Waals surface area contributed by atoms with Crippen molar-refractivity contribution in [2.75, 3.05) is 24.6 Å². The average molecular weight is 338 g/mol. The van der Waals surface area contributed by atoms with Gasteiger partial charge in [0.15, 0.2) is 0 Å². The van der Waals surface area contributed by atoms with Crippen LogP contribution in [0.25, 0.3) is 10.9 Å². The normalized spacial score (nSPS) is 18.5. The van der Waals surface area contributed by atoms with Crippen molar-refractivity contribution in [3.05, 3.63) is 35.0 Å². The van der Waals surface area contributed by atoms with Crippen LogP contribution in [0.5, 0.6) is 0 Å². The maximum atomic E-state index is 12.0. The van der Waals surface area contributed by atoms with Crippen LogP contribution in [-0.4, -0.2) is 41.5 Å². The van der Waals surface area contributed by atoms with Crippen LogP contribution < -0.4 is 10.6 Å². The number of H-pyrrole nitrogens is 1. The fraction of sp³-hybridized carbons (Fsp3) is 0.438. The molecule has 118 valence electrons. The lowest BCUT2D eigenvalue weighted by molar-refractivity contribution is -0.121. The van der Waals surface area contributed by atoms with Gasteiger partial charge < -0.3 is 15.6 Å². The van der Waals surface area contributed by atoms with Crippen molar-refractivity contribution in [3.63, 3.8) is 0 Å². The summed E-state index contributed by atoms with van der Waals surface area (Å²) >= 11 is 7.96. The van der Waals surface area contributed by atoms with Crippen LogP contribution in [0.15, 0.2) is 24.4 Å². The monoisotopic (exact) mass is 337 g/mol. The number of rotatable bonds is 5. The first kappa shape index (κ1) is 15.7. The Labute approximate surface area is 139 Å². The lowest BCUT2D eigenvalue weighted by Crippen LogP contribution is -2.41. The molecule has 1 aliphatic heterocycles. The summed E-state index contributed by atoms with van der Waals surface area (Å²) in [7, 11) is 0. The second kappa shape index (κ2) is 7.40. The van der Waals surface area contributed by atoms with Gasteiger partial charge in [-0.3, -0.25) is 4.79 Å². The van der Waals surface area contributed by atoms with E-state index in [0.717, 1.165) is 40.4 Å². The number of carbonyl (C=O) groups is 1. The third kappa shape index (κ3) is 3.97. The van der Waals surface area contributed by atoms with Crippen molar-refractivity contribution in [3.8, 4) is 0 Å². The molecule has 0 spiro atoms. The van der Waals surface area contributed by atoms with E-state index in [1.54, 1.807) is 0 Å². The molecule has 2 heterocycles. The topological polar surface area (TPSA) is 56.9 Å². The minimum atomic E-state index is 0.123. The second-order valence-electron chi connectivity index (χ2n) is 5.53. The molecule has 1 aromatic heterocycles. The highest BCUT2D eigenvalue weighted by atomic mass is 35.5. The Morgan fingerprint density at radius 1 is 1.45 bits per heavy atom. The molecule has 1 aromatic carbocycles. The van der Waals surface area contributed by atoms with Gasteiger partial charge in [0.25, 0.3) is 0 Å². The van der Waals surface area contributed by atoms with Crippen molar-refractivity contribution >= 4 is 40.2 Å². The van der Waals surface area contributed by atoms with Gasteiger partial charge in [0.05, 0.1) is 0 Å².